The minimum Gasteiger partial charge on any atom is -0.356 e. The van der Waals surface area contributed by atoms with E-state index in [1.54, 1.807) is 26.0 Å². The molecule has 0 atom stereocenters. The molecule has 0 spiro atoms. The molecule has 5 nitrogen and oxygen atoms in total. The summed E-state index contributed by atoms with van der Waals surface area (Å²) < 4.78 is 39.6. The molecule has 1 amide bonds. The first-order valence-electron chi connectivity index (χ1n) is 7.59. The van der Waals surface area contributed by atoms with Crippen LogP contribution in [-0.4, -0.2) is 55.9 Å². The second kappa shape index (κ2) is 9.14. The van der Waals surface area contributed by atoms with Crippen LogP contribution in [0.1, 0.15) is 18.9 Å². The van der Waals surface area contributed by atoms with E-state index < -0.39 is 17.5 Å². The number of nitrogens with zero attached hydrogens (tertiary/aromatic N) is 3. The Morgan fingerprint density at radius 1 is 1.17 bits per heavy atom. The van der Waals surface area contributed by atoms with Crippen molar-refractivity contribution in [3.8, 4) is 0 Å². The first kappa shape index (κ1) is 19.8. The van der Waals surface area contributed by atoms with Gasteiger partial charge in [-0.05, 0) is 24.1 Å². The Hall–Kier alpha value is -2.25. The van der Waals surface area contributed by atoms with Crippen LogP contribution in [0.3, 0.4) is 0 Å². The summed E-state index contributed by atoms with van der Waals surface area (Å²) >= 11 is 0. The first-order valence-corrected chi connectivity index (χ1v) is 7.59. The fourth-order valence-corrected chi connectivity index (χ4v) is 1.88. The predicted octanol–water partition coefficient (Wildman–Crippen LogP) is 1.98. The Labute approximate surface area is 140 Å². The van der Waals surface area contributed by atoms with E-state index in [-0.39, 0.29) is 24.6 Å². The molecule has 134 valence electrons. The van der Waals surface area contributed by atoms with Crippen LogP contribution in [-0.2, 0) is 11.3 Å². The third kappa shape index (κ3) is 5.75. The molecule has 1 aromatic rings. The van der Waals surface area contributed by atoms with Gasteiger partial charge in [0.2, 0.25) is 5.91 Å². The number of amides is 1. The molecule has 0 unspecified atom stereocenters. The van der Waals surface area contributed by atoms with E-state index in [9.17, 15) is 18.0 Å². The van der Waals surface area contributed by atoms with Crippen LogP contribution in [0, 0.1) is 17.5 Å². The molecular formula is C16H23F3N4O. The topological polar surface area (TPSA) is 47.9 Å². The summed E-state index contributed by atoms with van der Waals surface area (Å²) in [6.45, 7) is 2.67. The van der Waals surface area contributed by atoms with Crippen molar-refractivity contribution < 1.29 is 18.0 Å². The minimum absolute atomic E-state index is 0.0461. The van der Waals surface area contributed by atoms with Crippen LogP contribution >= 0.6 is 0 Å². The summed E-state index contributed by atoms with van der Waals surface area (Å²) in [4.78, 5) is 18.9. The molecule has 0 fully saturated rings. The van der Waals surface area contributed by atoms with E-state index >= 15 is 0 Å². The second-order valence-corrected chi connectivity index (χ2v) is 5.58. The molecule has 0 aromatic heterocycles. The molecule has 0 saturated heterocycles. The largest absolute Gasteiger partial charge is 0.356 e. The molecule has 0 bridgehead atoms. The highest BCUT2D eigenvalue weighted by Gasteiger charge is 2.14. The molecule has 24 heavy (non-hydrogen) atoms. The molecular weight excluding hydrogens is 321 g/mol. The number of carbonyl (C=O) groups excluding carboxylic acids is 1. The number of guanidine groups is 1. The lowest BCUT2D eigenvalue weighted by Gasteiger charge is -2.23. The number of rotatable bonds is 6. The summed E-state index contributed by atoms with van der Waals surface area (Å²) in [5, 5.41) is 3.07. The number of aliphatic imine (C=N–C) groups is 1. The monoisotopic (exact) mass is 344 g/mol. The van der Waals surface area contributed by atoms with Gasteiger partial charge in [-0.2, -0.15) is 0 Å². The predicted molar refractivity (Wildman–Crippen MR) is 87.1 cm³/mol. The maximum absolute atomic E-state index is 13.3. The van der Waals surface area contributed by atoms with E-state index in [2.05, 4.69) is 10.3 Å². The highest BCUT2D eigenvalue weighted by atomic mass is 19.2. The lowest BCUT2D eigenvalue weighted by molar-refractivity contribution is -0.127. The van der Waals surface area contributed by atoms with Crippen molar-refractivity contribution >= 4 is 11.9 Å². The van der Waals surface area contributed by atoms with Gasteiger partial charge in [-0.3, -0.25) is 4.79 Å². The normalized spacial score (nSPS) is 11.4. The molecule has 1 aromatic carbocycles. The molecule has 0 aliphatic rings. The highest BCUT2D eigenvalue weighted by molar-refractivity contribution is 5.84. The van der Waals surface area contributed by atoms with Crippen LogP contribution in [0.15, 0.2) is 17.1 Å². The van der Waals surface area contributed by atoms with Gasteiger partial charge in [-0.1, -0.05) is 6.92 Å². The third-order valence-corrected chi connectivity index (χ3v) is 3.22. The molecule has 1 N–H and O–H groups in total. The fraction of sp³-hybridized carbons (Fsp3) is 0.500. The van der Waals surface area contributed by atoms with Gasteiger partial charge in [0.15, 0.2) is 23.4 Å². The number of halogens is 3. The van der Waals surface area contributed by atoms with E-state index in [0.29, 0.717) is 12.5 Å². The zero-order chi connectivity index (χ0) is 18.3. The quantitative estimate of drug-likeness (QED) is 0.488. The standard InChI is InChI=1S/C16H23F3N4O/c1-5-6-20-16(21-9-14(24)22(2)3)23(4)10-11-7-12(17)15(19)13(18)8-11/h7-8H,5-6,9-10H2,1-4H3,(H,20,21). The van der Waals surface area contributed by atoms with Crippen LogP contribution in [0.25, 0.3) is 0 Å². The van der Waals surface area contributed by atoms with E-state index in [4.69, 9.17) is 0 Å². The summed E-state index contributed by atoms with van der Waals surface area (Å²) in [7, 11) is 4.93. The van der Waals surface area contributed by atoms with Gasteiger partial charge in [0.05, 0.1) is 0 Å². The van der Waals surface area contributed by atoms with Crippen molar-refractivity contribution in [2.75, 3.05) is 34.2 Å². The Balaban J connectivity index is 2.89. The maximum atomic E-state index is 13.3. The van der Waals surface area contributed by atoms with Gasteiger partial charge in [0.25, 0.3) is 0 Å². The van der Waals surface area contributed by atoms with Crippen molar-refractivity contribution in [1.82, 2.24) is 15.1 Å². The molecule has 0 aliphatic heterocycles. The highest BCUT2D eigenvalue weighted by Crippen LogP contribution is 2.14. The van der Waals surface area contributed by atoms with Crippen molar-refractivity contribution in [3.63, 3.8) is 0 Å². The van der Waals surface area contributed by atoms with Crippen molar-refractivity contribution in [2.24, 2.45) is 4.99 Å². The van der Waals surface area contributed by atoms with E-state index in [1.165, 1.54) is 4.90 Å². The maximum Gasteiger partial charge on any atom is 0.243 e. The lowest BCUT2D eigenvalue weighted by atomic mass is 10.2. The van der Waals surface area contributed by atoms with Crippen LogP contribution in [0.4, 0.5) is 13.2 Å². The van der Waals surface area contributed by atoms with Gasteiger partial charge < -0.3 is 15.1 Å². The van der Waals surface area contributed by atoms with Gasteiger partial charge in [-0.15, -0.1) is 0 Å². The van der Waals surface area contributed by atoms with E-state index in [1.807, 2.05) is 6.92 Å². The van der Waals surface area contributed by atoms with Gasteiger partial charge in [0, 0.05) is 34.2 Å². The molecule has 0 heterocycles. The Kier molecular flexibility index (Phi) is 7.54. The number of benzene rings is 1. The number of nitrogens with one attached hydrogen (secondary N) is 1. The zero-order valence-electron chi connectivity index (χ0n) is 14.4. The summed E-state index contributed by atoms with van der Waals surface area (Å²) in [6.07, 6.45) is 0.842. The number of likely N-dealkylation sites (N-methyl/N-ethyl adjacent to an activating group) is 1. The van der Waals surface area contributed by atoms with Crippen LogP contribution in [0.5, 0.6) is 0 Å². The summed E-state index contributed by atoms with van der Waals surface area (Å²) in [5.41, 5.74) is 0.263. The van der Waals surface area contributed by atoms with Crippen LogP contribution in [0.2, 0.25) is 0 Å². The smallest absolute Gasteiger partial charge is 0.243 e. The van der Waals surface area contributed by atoms with Gasteiger partial charge >= 0.3 is 0 Å². The fourth-order valence-electron chi connectivity index (χ4n) is 1.88. The average Bonchev–Trinajstić information content (AvgIpc) is 2.51. The molecule has 0 radical (unpaired) electrons. The van der Waals surface area contributed by atoms with Gasteiger partial charge in [0.1, 0.15) is 6.54 Å². The SMILES string of the molecule is CCCNC(=NCC(=O)N(C)C)N(C)Cc1cc(F)c(F)c(F)c1. The third-order valence-electron chi connectivity index (χ3n) is 3.22. The Bertz CT molecular complexity index is 582. The first-order chi connectivity index (χ1) is 11.3. The zero-order valence-corrected chi connectivity index (χ0v) is 14.4. The number of hydrogen-bond acceptors (Lipinski definition) is 2. The van der Waals surface area contributed by atoms with Crippen molar-refractivity contribution in [3.05, 3.63) is 35.1 Å². The lowest BCUT2D eigenvalue weighted by Crippen LogP contribution is -2.40. The summed E-state index contributed by atoms with van der Waals surface area (Å²) in [6, 6.07) is 1.88. The number of hydrogen-bond donors (Lipinski definition) is 1. The van der Waals surface area contributed by atoms with E-state index in [0.717, 1.165) is 18.6 Å². The van der Waals surface area contributed by atoms with Gasteiger partial charge in [-0.25, -0.2) is 18.2 Å². The van der Waals surface area contributed by atoms with Crippen LogP contribution < -0.4 is 5.32 Å². The average molecular weight is 344 g/mol. The van der Waals surface area contributed by atoms with Crippen molar-refractivity contribution in [2.45, 2.75) is 19.9 Å². The summed E-state index contributed by atoms with van der Waals surface area (Å²) in [5.74, 6) is -3.70. The minimum atomic E-state index is -1.49. The second-order valence-electron chi connectivity index (χ2n) is 5.58. The molecule has 1 rings (SSSR count). The molecule has 0 aliphatic carbocycles. The number of carbonyl (C=O) groups is 1. The molecule has 8 heteroatoms. The Morgan fingerprint density at radius 3 is 2.25 bits per heavy atom. The molecule has 0 saturated carbocycles. The Morgan fingerprint density at radius 2 is 1.75 bits per heavy atom. The van der Waals surface area contributed by atoms with Crippen molar-refractivity contribution in [1.29, 1.82) is 0 Å².